The summed E-state index contributed by atoms with van der Waals surface area (Å²) in [5.41, 5.74) is 2.66. The number of nitrogens with zero attached hydrogens (tertiary/aromatic N) is 3. The van der Waals surface area contributed by atoms with Crippen LogP contribution in [-0.4, -0.2) is 21.2 Å². The second kappa shape index (κ2) is 5.32. The van der Waals surface area contributed by atoms with Gasteiger partial charge in [-0.1, -0.05) is 0 Å². The van der Waals surface area contributed by atoms with Gasteiger partial charge < -0.3 is 5.32 Å². The van der Waals surface area contributed by atoms with Crippen LogP contribution >= 0.6 is 0 Å². The quantitative estimate of drug-likeness (QED) is 0.858. The van der Waals surface area contributed by atoms with Gasteiger partial charge in [0.05, 0.1) is 11.3 Å². The predicted octanol–water partition coefficient (Wildman–Crippen LogP) is 2.03. The summed E-state index contributed by atoms with van der Waals surface area (Å²) in [6.07, 6.45) is 2.39. The highest BCUT2D eigenvalue weighted by Crippen LogP contribution is 2.09. The van der Waals surface area contributed by atoms with Crippen molar-refractivity contribution in [2.24, 2.45) is 0 Å². The number of nitrogens with one attached hydrogen (secondary N) is 2. The van der Waals surface area contributed by atoms with Crippen LogP contribution in [0.2, 0.25) is 0 Å². The molecule has 2 N–H and O–H groups in total. The first kappa shape index (κ1) is 12.1. The van der Waals surface area contributed by atoms with Gasteiger partial charge in [0.15, 0.2) is 0 Å². The highest BCUT2D eigenvalue weighted by atomic mass is 15.1. The summed E-state index contributed by atoms with van der Waals surface area (Å²) >= 11 is 0. The monoisotopic (exact) mass is 241 g/mol. The molecule has 0 fully saturated rings. The third-order valence-electron chi connectivity index (χ3n) is 2.56. The van der Waals surface area contributed by atoms with E-state index >= 15 is 0 Å². The van der Waals surface area contributed by atoms with Crippen LogP contribution in [0.5, 0.6) is 0 Å². The number of nitriles is 1. The van der Waals surface area contributed by atoms with E-state index in [9.17, 15) is 0 Å². The number of hydrogen-bond acceptors (Lipinski definition) is 4. The minimum Gasteiger partial charge on any atom is -0.367 e. The molecule has 0 spiro atoms. The Hall–Kier alpha value is -2.35. The fourth-order valence-electron chi connectivity index (χ4n) is 1.74. The highest BCUT2D eigenvalue weighted by molar-refractivity contribution is 5.39. The van der Waals surface area contributed by atoms with Crippen LogP contribution in [-0.2, 0) is 6.42 Å². The fraction of sp³-hybridized carbons (Fsp3) is 0.308. The molecule has 0 aliphatic rings. The maximum absolute atomic E-state index is 8.69. The molecule has 1 atom stereocenters. The van der Waals surface area contributed by atoms with Crippen LogP contribution in [0.3, 0.4) is 0 Å². The normalized spacial score (nSPS) is 11.8. The number of aryl methyl sites for hydroxylation is 1. The van der Waals surface area contributed by atoms with Crippen molar-refractivity contribution in [2.45, 2.75) is 26.3 Å². The molecule has 2 heterocycles. The first-order valence-corrected chi connectivity index (χ1v) is 5.81. The SMILES string of the molecule is Cc1cc(CC(C)Nc2ccc(C#N)cn2)n[nH]1. The van der Waals surface area contributed by atoms with E-state index in [1.807, 2.05) is 25.1 Å². The largest absolute Gasteiger partial charge is 0.367 e. The number of rotatable bonds is 4. The van der Waals surface area contributed by atoms with E-state index in [1.165, 1.54) is 0 Å². The van der Waals surface area contributed by atoms with Crippen molar-refractivity contribution in [2.75, 3.05) is 5.32 Å². The number of hydrogen-bond donors (Lipinski definition) is 2. The molecule has 0 saturated heterocycles. The molecule has 5 nitrogen and oxygen atoms in total. The predicted molar refractivity (Wildman–Crippen MR) is 69.1 cm³/mol. The Balaban J connectivity index is 1.94. The van der Waals surface area contributed by atoms with Gasteiger partial charge in [0, 0.05) is 24.4 Å². The van der Waals surface area contributed by atoms with Gasteiger partial charge in [-0.3, -0.25) is 5.10 Å². The zero-order chi connectivity index (χ0) is 13.0. The maximum atomic E-state index is 8.69. The second-order valence-corrected chi connectivity index (χ2v) is 4.34. The fourth-order valence-corrected chi connectivity index (χ4v) is 1.74. The Labute approximate surface area is 106 Å². The molecule has 0 aliphatic heterocycles. The van der Waals surface area contributed by atoms with Crippen LogP contribution < -0.4 is 5.32 Å². The first-order chi connectivity index (χ1) is 8.67. The molecular formula is C13H15N5. The summed E-state index contributed by atoms with van der Waals surface area (Å²) in [4.78, 5) is 4.17. The lowest BCUT2D eigenvalue weighted by atomic mass is 10.2. The van der Waals surface area contributed by atoms with Gasteiger partial charge in [-0.2, -0.15) is 10.4 Å². The van der Waals surface area contributed by atoms with Crippen molar-refractivity contribution in [3.05, 3.63) is 41.3 Å². The first-order valence-electron chi connectivity index (χ1n) is 5.81. The third-order valence-corrected chi connectivity index (χ3v) is 2.56. The molecule has 2 aromatic rings. The molecular weight excluding hydrogens is 226 g/mol. The lowest BCUT2D eigenvalue weighted by molar-refractivity contribution is 0.760. The molecule has 5 heteroatoms. The van der Waals surface area contributed by atoms with Crippen molar-refractivity contribution < 1.29 is 0 Å². The average molecular weight is 241 g/mol. The molecule has 18 heavy (non-hydrogen) atoms. The molecule has 0 radical (unpaired) electrons. The number of aromatic amines is 1. The summed E-state index contributed by atoms with van der Waals surface area (Å²) in [6, 6.07) is 7.87. The van der Waals surface area contributed by atoms with E-state index in [-0.39, 0.29) is 6.04 Å². The Kier molecular flexibility index (Phi) is 3.58. The maximum Gasteiger partial charge on any atom is 0.126 e. The zero-order valence-corrected chi connectivity index (χ0v) is 10.4. The summed E-state index contributed by atoms with van der Waals surface area (Å²) in [6.45, 7) is 4.06. The van der Waals surface area contributed by atoms with Gasteiger partial charge in [0.1, 0.15) is 11.9 Å². The summed E-state index contributed by atoms with van der Waals surface area (Å²) < 4.78 is 0. The van der Waals surface area contributed by atoms with Gasteiger partial charge in [0.2, 0.25) is 0 Å². The molecule has 0 aliphatic carbocycles. The van der Waals surface area contributed by atoms with Crippen molar-refractivity contribution in [3.8, 4) is 6.07 Å². The van der Waals surface area contributed by atoms with E-state index in [1.54, 1.807) is 12.3 Å². The molecule has 1 unspecified atom stereocenters. The average Bonchev–Trinajstić information content (AvgIpc) is 2.75. The van der Waals surface area contributed by atoms with Gasteiger partial charge in [-0.15, -0.1) is 0 Å². The van der Waals surface area contributed by atoms with Gasteiger partial charge in [-0.25, -0.2) is 4.98 Å². The molecule has 2 rings (SSSR count). The van der Waals surface area contributed by atoms with E-state index in [2.05, 4.69) is 27.4 Å². The molecule has 0 aromatic carbocycles. The van der Waals surface area contributed by atoms with Crippen molar-refractivity contribution >= 4 is 5.82 Å². The number of anilines is 1. The Morgan fingerprint density at radius 3 is 2.89 bits per heavy atom. The summed E-state index contributed by atoms with van der Waals surface area (Å²) in [7, 11) is 0. The number of pyridine rings is 1. The van der Waals surface area contributed by atoms with E-state index < -0.39 is 0 Å². The van der Waals surface area contributed by atoms with Crippen molar-refractivity contribution in [1.29, 1.82) is 5.26 Å². The van der Waals surface area contributed by atoms with Crippen LogP contribution in [0, 0.1) is 18.3 Å². The van der Waals surface area contributed by atoms with E-state index in [0.29, 0.717) is 5.56 Å². The minimum absolute atomic E-state index is 0.230. The van der Waals surface area contributed by atoms with Crippen LogP contribution in [0.25, 0.3) is 0 Å². The summed E-state index contributed by atoms with van der Waals surface area (Å²) in [5, 5.41) is 19.1. The van der Waals surface area contributed by atoms with Crippen molar-refractivity contribution in [1.82, 2.24) is 15.2 Å². The van der Waals surface area contributed by atoms with Gasteiger partial charge in [-0.05, 0) is 32.0 Å². The smallest absolute Gasteiger partial charge is 0.126 e. The molecule has 0 amide bonds. The Morgan fingerprint density at radius 2 is 2.33 bits per heavy atom. The molecule has 0 bridgehead atoms. The topological polar surface area (TPSA) is 77.4 Å². The van der Waals surface area contributed by atoms with E-state index in [4.69, 9.17) is 5.26 Å². The Morgan fingerprint density at radius 1 is 1.50 bits per heavy atom. The molecule has 0 saturated carbocycles. The number of aromatic nitrogens is 3. The zero-order valence-electron chi connectivity index (χ0n) is 10.4. The standard InChI is InChI=1S/C13H15N5/c1-9(5-12-6-10(2)17-18-12)16-13-4-3-11(7-14)8-15-13/h3-4,6,8-9H,5H2,1-2H3,(H,15,16)(H,17,18). The lowest BCUT2D eigenvalue weighted by Gasteiger charge is -2.12. The van der Waals surface area contributed by atoms with Crippen molar-refractivity contribution in [3.63, 3.8) is 0 Å². The third kappa shape index (κ3) is 3.08. The minimum atomic E-state index is 0.230. The highest BCUT2D eigenvalue weighted by Gasteiger charge is 2.06. The summed E-state index contributed by atoms with van der Waals surface area (Å²) in [5.74, 6) is 0.772. The van der Waals surface area contributed by atoms with Gasteiger partial charge >= 0.3 is 0 Å². The lowest BCUT2D eigenvalue weighted by Crippen LogP contribution is -2.19. The van der Waals surface area contributed by atoms with Crippen LogP contribution in [0.15, 0.2) is 24.4 Å². The van der Waals surface area contributed by atoms with Crippen LogP contribution in [0.4, 0.5) is 5.82 Å². The Bertz CT molecular complexity index is 550. The molecule has 2 aromatic heterocycles. The molecule has 92 valence electrons. The van der Waals surface area contributed by atoms with Gasteiger partial charge in [0.25, 0.3) is 0 Å². The van der Waals surface area contributed by atoms with E-state index in [0.717, 1.165) is 23.6 Å². The van der Waals surface area contributed by atoms with Crippen LogP contribution in [0.1, 0.15) is 23.9 Å². The number of H-pyrrole nitrogens is 1. The second-order valence-electron chi connectivity index (χ2n) is 4.34.